The number of rotatable bonds is 4. The van der Waals surface area contributed by atoms with Gasteiger partial charge < -0.3 is 10.4 Å². The van der Waals surface area contributed by atoms with Crippen LogP contribution in [-0.2, 0) is 16.1 Å². The van der Waals surface area contributed by atoms with Crippen molar-refractivity contribution in [2.24, 2.45) is 11.8 Å². The summed E-state index contributed by atoms with van der Waals surface area (Å²) in [7, 11) is 0. The van der Waals surface area contributed by atoms with Crippen molar-refractivity contribution in [1.82, 2.24) is 5.32 Å². The van der Waals surface area contributed by atoms with Gasteiger partial charge in [-0.25, -0.2) is 4.39 Å². The van der Waals surface area contributed by atoms with E-state index in [-0.39, 0.29) is 29.0 Å². The van der Waals surface area contributed by atoms with E-state index in [9.17, 15) is 14.0 Å². The van der Waals surface area contributed by atoms with Crippen LogP contribution < -0.4 is 5.32 Å². The first-order valence-electron chi connectivity index (χ1n) is 6.92. The van der Waals surface area contributed by atoms with Gasteiger partial charge in [-0.1, -0.05) is 24.1 Å². The van der Waals surface area contributed by atoms with Crippen LogP contribution in [0.1, 0.15) is 31.2 Å². The van der Waals surface area contributed by atoms with Gasteiger partial charge in [0, 0.05) is 23.0 Å². The molecule has 6 heteroatoms. The number of carbonyl (C=O) groups excluding carboxylic acids is 1. The van der Waals surface area contributed by atoms with E-state index < -0.39 is 17.7 Å². The molecule has 2 unspecified atom stereocenters. The highest BCUT2D eigenvalue weighted by Gasteiger charge is 2.30. The SMILES string of the molecule is O=C(O)C1CCCC(C(=O)NCc2c(F)cccc2Cl)C1. The van der Waals surface area contributed by atoms with Crippen LogP contribution in [0.15, 0.2) is 18.2 Å². The van der Waals surface area contributed by atoms with Gasteiger partial charge in [-0.15, -0.1) is 0 Å². The Morgan fingerprint density at radius 1 is 1.33 bits per heavy atom. The second-order valence-electron chi connectivity index (χ2n) is 5.32. The predicted octanol–water partition coefficient (Wildman–Crippen LogP) is 2.99. The first-order chi connectivity index (χ1) is 9.99. The molecule has 0 aromatic heterocycles. The predicted molar refractivity (Wildman–Crippen MR) is 76.3 cm³/mol. The van der Waals surface area contributed by atoms with Crippen LogP contribution in [0.25, 0.3) is 0 Å². The Hall–Kier alpha value is -1.62. The lowest BCUT2D eigenvalue weighted by Gasteiger charge is -2.25. The minimum absolute atomic E-state index is 0.0125. The molecule has 1 fully saturated rings. The van der Waals surface area contributed by atoms with Crippen molar-refractivity contribution < 1.29 is 19.1 Å². The zero-order chi connectivity index (χ0) is 15.4. The second-order valence-corrected chi connectivity index (χ2v) is 5.72. The number of benzene rings is 1. The first kappa shape index (κ1) is 15.8. The summed E-state index contributed by atoms with van der Waals surface area (Å²) in [5.41, 5.74) is 0.248. The molecular weight excluding hydrogens is 297 g/mol. The molecule has 0 spiro atoms. The van der Waals surface area contributed by atoms with Gasteiger partial charge in [-0.05, 0) is 31.4 Å². The van der Waals surface area contributed by atoms with Gasteiger partial charge in [-0.3, -0.25) is 9.59 Å². The van der Waals surface area contributed by atoms with E-state index in [0.717, 1.165) is 6.42 Å². The quantitative estimate of drug-likeness (QED) is 0.898. The molecule has 4 nitrogen and oxygen atoms in total. The third kappa shape index (κ3) is 3.94. The van der Waals surface area contributed by atoms with Gasteiger partial charge >= 0.3 is 5.97 Å². The average Bonchev–Trinajstić information content (AvgIpc) is 2.46. The fourth-order valence-corrected chi connectivity index (χ4v) is 2.90. The van der Waals surface area contributed by atoms with Crippen molar-refractivity contribution in [2.45, 2.75) is 32.2 Å². The van der Waals surface area contributed by atoms with E-state index in [0.29, 0.717) is 19.3 Å². The Morgan fingerprint density at radius 3 is 2.71 bits per heavy atom. The molecule has 1 amide bonds. The largest absolute Gasteiger partial charge is 0.481 e. The third-order valence-electron chi connectivity index (χ3n) is 3.90. The molecule has 1 aromatic rings. The highest BCUT2D eigenvalue weighted by atomic mass is 35.5. The molecule has 0 bridgehead atoms. The zero-order valence-corrected chi connectivity index (χ0v) is 12.2. The fraction of sp³-hybridized carbons (Fsp3) is 0.467. The van der Waals surface area contributed by atoms with Gasteiger partial charge in [0.1, 0.15) is 5.82 Å². The van der Waals surface area contributed by atoms with Crippen LogP contribution >= 0.6 is 11.6 Å². The number of aliphatic carboxylic acids is 1. The number of carboxylic acids is 1. The number of carbonyl (C=O) groups is 2. The van der Waals surface area contributed by atoms with Crippen LogP contribution in [0.5, 0.6) is 0 Å². The summed E-state index contributed by atoms with van der Waals surface area (Å²) in [5.74, 6) is -2.35. The molecule has 1 aliphatic rings. The van der Waals surface area contributed by atoms with Gasteiger partial charge in [0.25, 0.3) is 0 Å². The van der Waals surface area contributed by atoms with Crippen molar-refractivity contribution >= 4 is 23.5 Å². The monoisotopic (exact) mass is 313 g/mol. The molecule has 0 heterocycles. The minimum Gasteiger partial charge on any atom is -0.481 e. The Bertz CT molecular complexity index is 529. The highest BCUT2D eigenvalue weighted by Crippen LogP contribution is 2.29. The molecule has 1 saturated carbocycles. The number of halogens is 2. The molecule has 21 heavy (non-hydrogen) atoms. The van der Waals surface area contributed by atoms with Crippen molar-refractivity contribution in [3.05, 3.63) is 34.6 Å². The van der Waals surface area contributed by atoms with E-state index in [1.54, 1.807) is 6.07 Å². The van der Waals surface area contributed by atoms with E-state index >= 15 is 0 Å². The topological polar surface area (TPSA) is 66.4 Å². The summed E-state index contributed by atoms with van der Waals surface area (Å²) in [5, 5.41) is 11.9. The summed E-state index contributed by atoms with van der Waals surface area (Å²) in [6, 6.07) is 4.35. The smallest absolute Gasteiger partial charge is 0.306 e. The molecule has 0 aliphatic heterocycles. The van der Waals surface area contributed by atoms with Gasteiger partial charge in [-0.2, -0.15) is 0 Å². The fourth-order valence-electron chi connectivity index (χ4n) is 2.67. The average molecular weight is 314 g/mol. The van der Waals surface area contributed by atoms with Crippen LogP contribution in [0.3, 0.4) is 0 Å². The molecule has 2 rings (SSSR count). The highest BCUT2D eigenvalue weighted by molar-refractivity contribution is 6.31. The van der Waals surface area contributed by atoms with Crippen molar-refractivity contribution in [3.63, 3.8) is 0 Å². The van der Waals surface area contributed by atoms with Crippen LogP contribution in [-0.4, -0.2) is 17.0 Å². The maximum absolute atomic E-state index is 13.6. The molecular formula is C15H17ClFNO3. The van der Waals surface area contributed by atoms with Gasteiger partial charge in [0.2, 0.25) is 5.91 Å². The second kappa shape index (κ2) is 6.89. The van der Waals surface area contributed by atoms with E-state index in [4.69, 9.17) is 16.7 Å². The zero-order valence-electron chi connectivity index (χ0n) is 11.4. The van der Waals surface area contributed by atoms with Gasteiger partial charge in [0.05, 0.1) is 5.92 Å². The van der Waals surface area contributed by atoms with E-state index in [1.165, 1.54) is 12.1 Å². The van der Waals surface area contributed by atoms with Crippen molar-refractivity contribution in [2.75, 3.05) is 0 Å². The first-order valence-corrected chi connectivity index (χ1v) is 7.30. The van der Waals surface area contributed by atoms with Gasteiger partial charge in [0.15, 0.2) is 0 Å². The summed E-state index contributed by atoms with van der Waals surface area (Å²) < 4.78 is 13.6. The Kier molecular flexibility index (Phi) is 5.17. The van der Waals surface area contributed by atoms with Crippen LogP contribution in [0.2, 0.25) is 5.02 Å². The summed E-state index contributed by atoms with van der Waals surface area (Å²) in [4.78, 5) is 23.1. The normalized spacial score (nSPS) is 21.8. The Labute approximate surface area is 127 Å². The molecule has 0 radical (unpaired) electrons. The maximum Gasteiger partial charge on any atom is 0.306 e. The molecule has 1 aliphatic carbocycles. The lowest BCUT2D eigenvalue weighted by molar-refractivity contribution is -0.144. The van der Waals surface area contributed by atoms with E-state index in [2.05, 4.69) is 5.32 Å². The van der Waals surface area contributed by atoms with Crippen molar-refractivity contribution in [1.29, 1.82) is 0 Å². The number of amides is 1. The molecule has 2 atom stereocenters. The minimum atomic E-state index is -0.857. The van der Waals surface area contributed by atoms with Crippen LogP contribution in [0, 0.1) is 17.7 Å². The number of nitrogens with one attached hydrogen (secondary N) is 1. The lowest BCUT2D eigenvalue weighted by atomic mass is 9.81. The Morgan fingerprint density at radius 2 is 2.05 bits per heavy atom. The summed E-state index contributed by atoms with van der Waals surface area (Å²) >= 11 is 5.89. The molecule has 2 N–H and O–H groups in total. The third-order valence-corrected chi connectivity index (χ3v) is 4.25. The summed E-state index contributed by atoms with van der Waals surface area (Å²) in [6.45, 7) is 0.0125. The number of hydrogen-bond donors (Lipinski definition) is 2. The Balaban J connectivity index is 1.94. The molecule has 1 aromatic carbocycles. The maximum atomic E-state index is 13.6. The molecule has 0 saturated heterocycles. The lowest BCUT2D eigenvalue weighted by Crippen LogP contribution is -2.35. The standard InChI is InChI=1S/C15H17ClFNO3/c16-12-5-2-6-13(17)11(12)8-18-14(19)9-3-1-4-10(7-9)15(20)21/h2,5-6,9-10H,1,3-4,7-8H2,(H,18,19)(H,20,21). The summed E-state index contributed by atoms with van der Waals surface area (Å²) in [6.07, 6.45) is 2.33. The van der Waals surface area contributed by atoms with Crippen LogP contribution in [0.4, 0.5) is 4.39 Å². The van der Waals surface area contributed by atoms with E-state index in [1.807, 2.05) is 0 Å². The number of carboxylic acid groups (broad SMARTS) is 1. The number of hydrogen-bond acceptors (Lipinski definition) is 2. The van der Waals surface area contributed by atoms with Crippen molar-refractivity contribution in [3.8, 4) is 0 Å². The molecule has 114 valence electrons.